The molecular weight excluding hydrogens is 270 g/mol. The summed E-state index contributed by atoms with van der Waals surface area (Å²) in [5, 5.41) is 2.86. The maximum absolute atomic E-state index is 13.6. The van der Waals surface area contributed by atoms with Gasteiger partial charge in [0.05, 0.1) is 17.3 Å². The monoisotopic (exact) mass is 281 g/mol. The van der Waals surface area contributed by atoms with Crippen molar-refractivity contribution in [3.63, 3.8) is 0 Å². The van der Waals surface area contributed by atoms with E-state index in [2.05, 4.69) is 5.32 Å². The first-order chi connectivity index (χ1) is 9.47. The van der Waals surface area contributed by atoms with E-state index >= 15 is 0 Å². The Morgan fingerprint density at radius 2 is 1.75 bits per heavy atom. The van der Waals surface area contributed by atoms with Gasteiger partial charge in [0.25, 0.3) is 0 Å². The molecule has 1 atom stereocenters. The Balaban J connectivity index is 2.00. The van der Waals surface area contributed by atoms with Crippen molar-refractivity contribution in [1.29, 1.82) is 0 Å². The molecule has 3 rings (SSSR count). The number of hydrogen-bond donors (Lipinski definition) is 1. The van der Waals surface area contributed by atoms with E-state index in [-0.39, 0.29) is 5.56 Å². The van der Waals surface area contributed by atoms with Gasteiger partial charge in [-0.1, -0.05) is 30.3 Å². The molecule has 5 heteroatoms. The lowest BCUT2D eigenvalue weighted by molar-refractivity contribution is -0.138. The molecule has 2 aromatic carbocycles. The second-order valence-electron chi connectivity index (χ2n) is 4.76. The summed E-state index contributed by atoms with van der Waals surface area (Å²) in [6.45, 7) is 0. The summed E-state index contributed by atoms with van der Waals surface area (Å²) in [4.78, 5) is 0. The summed E-state index contributed by atoms with van der Waals surface area (Å²) in [6.07, 6.45) is -4.06. The number of halogens is 4. The van der Waals surface area contributed by atoms with Gasteiger partial charge in [-0.05, 0) is 29.7 Å². The maximum atomic E-state index is 13.6. The van der Waals surface area contributed by atoms with E-state index in [1.54, 1.807) is 18.2 Å². The van der Waals surface area contributed by atoms with Crippen molar-refractivity contribution >= 4 is 5.69 Å². The fourth-order valence-electron chi connectivity index (χ4n) is 2.59. The van der Waals surface area contributed by atoms with Gasteiger partial charge in [0.15, 0.2) is 0 Å². The van der Waals surface area contributed by atoms with E-state index in [4.69, 9.17) is 0 Å². The van der Waals surface area contributed by atoms with Crippen LogP contribution in [-0.2, 0) is 12.6 Å². The number of alkyl halides is 3. The molecule has 0 radical (unpaired) electrons. The van der Waals surface area contributed by atoms with Crippen molar-refractivity contribution in [3.8, 4) is 0 Å². The third-order valence-corrected chi connectivity index (χ3v) is 3.48. The first-order valence-electron chi connectivity index (χ1n) is 6.17. The lowest BCUT2D eigenvalue weighted by Gasteiger charge is -2.18. The number of rotatable bonds is 1. The molecule has 104 valence electrons. The van der Waals surface area contributed by atoms with Gasteiger partial charge in [0.2, 0.25) is 0 Å². The van der Waals surface area contributed by atoms with Crippen LogP contribution in [0.15, 0.2) is 42.5 Å². The molecule has 1 nitrogen and oxygen atoms in total. The van der Waals surface area contributed by atoms with Crippen LogP contribution in [0.25, 0.3) is 0 Å². The highest BCUT2D eigenvalue weighted by atomic mass is 19.4. The minimum Gasteiger partial charge on any atom is -0.375 e. The lowest BCUT2D eigenvalue weighted by Crippen LogP contribution is -2.15. The van der Waals surface area contributed by atoms with Crippen LogP contribution in [0.5, 0.6) is 0 Å². The number of anilines is 1. The first-order valence-corrected chi connectivity index (χ1v) is 6.17. The summed E-state index contributed by atoms with van der Waals surface area (Å²) in [5.74, 6) is -0.436. The van der Waals surface area contributed by atoms with Crippen molar-refractivity contribution in [3.05, 3.63) is 65.0 Å². The molecule has 0 saturated carbocycles. The Morgan fingerprint density at radius 1 is 1.00 bits per heavy atom. The molecule has 1 aliphatic heterocycles. The Bertz CT molecular complexity index is 649. The fraction of sp³-hybridized carbons (Fsp3) is 0.200. The number of para-hydroxylation sites is 1. The molecular formula is C15H11F4N. The molecule has 1 aliphatic rings. The van der Waals surface area contributed by atoms with Crippen molar-refractivity contribution < 1.29 is 17.6 Å². The quantitative estimate of drug-likeness (QED) is 0.756. The highest BCUT2D eigenvalue weighted by molar-refractivity contribution is 5.59. The molecule has 0 spiro atoms. The third kappa shape index (κ3) is 2.13. The summed E-state index contributed by atoms with van der Waals surface area (Å²) in [7, 11) is 0. The Labute approximate surface area is 113 Å². The van der Waals surface area contributed by atoms with Crippen molar-refractivity contribution in [2.75, 3.05) is 5.32 Å². The topological polar surface area (TPSA) is 12.0 Å². The van der Waals surface area contributed by atoms with Gasteiger partial charge in [0.1, 0.15) is 5.82 Å². The van der Waals surface area contributed by atoms with Gasteiger partial charge in [-0.25, -0.2) is 4.39 Å². The predicted octanol–water partition coefficient (Wildman–Crippen LogP) is 4.55. The van der Waals surface area contributed by atoms with Gasteiger partial charge in [-0.2, -0.15) is 13.2 Å². The van der Waals surface area contributed by atoms with Gasteiger partial charge >= 0.3 is 6.18 Å². The normalized spacial score (nSPS) is 17.7. The molecule has 0 saturated heterocycles. The summed E-state index contributed by atoms with van der Waals surface area (Å²) in [5.41, 5.74) is 0.475. The van der Waals surface area contributed by atoms with E-state index in [1.807, 2.05) is 0 Å². The lowest BCUT2D eigenvalue weighted by atomic mass is 9.97. The van der Waals surface area contributed by atoms with Crippen LogP contribution < -0.4 is 5.32 Å². The zero-order valence-corrected chi connectivity index (χ0v) is 10.3. The standard InChI is InChI=1S/C15H11F4N/c16-12-7-3-4-9-8-13(20-14(9)12)10-5-1-2-6-11(10)15(17,18)19/h1-7,13,20H,8H2. The zero-order chi connectivity index (χ0) is 14.3. The summed E-state index contributed by atoms with van der Waals surface area (Å²) < 4.78 is 52.7. The van der Waals surface area contributed by atoms with E-state index in [1.165, 1.54) is 18.2 Å². The Hall–Kier alpha value is -2.04. The highest BCUT2D eigenvalue weighted by Gasteiger charge is 2.36. The average molecular weight is 281 g/mol. The molecule has 20 heavy (non-hydrogen) atoms. The second-order valence-corrected chi connectivity index (χ2v) is 4.76. The molecule has 2 aromatic rings. The zero-order valence-electron chi connectivity index (χ0n) is 10.3. The molecule has 0 bridgehead atoms. The molecule has 1 N–H and O–H groups in total. The highest BCUT2D eigenvalue weighted by Crippen LogP contribution is 2.41. The van der Waals surface area contributed by atoms with Crippen LogP contribution in [0.4, 0.5) is 23.2 Å². The van der Waals surface area contributed by atoms with Crippen LogP contribution in [0.3, 0.4) is 0 Å². The van der Waals surface area contributed by atoms with Gasteiger partial charge in [-0.15, -0.1) is 0 Å². The second kappa shape index (κ2) is 4.51. The minimum atomic E-state index is -4.41. The first kappa shape index (κ1) is 13.0. The summed E-state index contributed by atoms with van der Waals surface area (Å²) >= 11 is 0. The maximum Gasteiger partial charge on any atom is 0.416 e. The summed E-state index contributed by atoms with van der Waals surface area (Å²) in [6, 6.07) is 9.43. The van der Waals surface area contributed by atoms with Gasteiger partial charge in [0, 0.05) is 0 Å². The van der Waals surface area contributed by atoms with E-state index < -0.39 is 23.6 Å². The molecule has 0 aliphatic carbocycles. The molecule has 1 unspecified atom stereocenters. The Kier molecular flexibility index (Phi) is 2.92. The SMILES string of the molecule is Fc1cccc2c1NC(c1ccccc1C(F)(F)F)C2. The van der Waals surface area contributed by atoms with E-state index in [0.717, 1.165) is 6.07 Å². The largest absolute Gasteiger partial charge is 0.416 e. The smallest absolute Gasteiger partial charge is 0.375 e. The molecule has 0 fully saturated rings. The fourth-order valence-corrected chi connectivity index (χ4v) is 2.59. The number of hydrogen-bond acceptors (Lipinski definition) is 1. The van der Waals surface area contributed by atoms with Crippen LogP contribution in [0.1, 0.15) is 22.7 Å². The molecule has 1 heterocycles. The number of benzene rings is 2. The van der Waals surface area contributed by atoms with Crippen molar-refractivity contribution in [2.24, 2.45) is 0 Å². The third-order valence-electron chi connectivity index (χ3n) is 3.48. The van der Waals surface area contributed by atoms with Gasteiger partial charge in [-0.3, -0.25) is 0 Å². The number of fused-ring (bicyclic) bond motifs is 1. The predicted molar refractivity (Wildman–Crippen MR) is 67.9 cm³/mol. The van der Waals surface area contributed by atoms with Crippen LogP contribution in [-0.4, -0.2) is 0 Å². The van der Waals surface area contributed by atoms with E-state index in [0.29, 0.717) is 17.7 Å². The number of nitrogens with one attached hydrogen (secondary N) is 1. The van der Waals surface area contributed by atoms with Crippen LogP contribution in [0, 0.1) is 5.82 Å². The van der Waals surface area contributed by atoms with Crippen molar-refractivity contribution in [2.45, 2.75) is 18.6 Å². The Morgan fingerprint density at radius 3 is 2.45 bits per heavy atom. The van der Waals surface area contributed by atoms with Crippen LogP contribution >= 0.6 is 0 Å². The van der Waals surface area contributed by atoms with Crippen molar-refractivity contribution in [1.82, 2.24) is 0 Å². The molecule has 0 aromatic heterocycles. The van der Waals surface area contributed by atoms with E-state index in [9.17, 15) is 17.6 Å². The van der Waals surface area contributed by atoms with Gasteiger partial charge < -0.3 is 5.32 Å². The van der Waals surface area contributed by atoms with Crippen LogP contribution in [0.2, 0.25) is 0 Å². The average Bonchev–Trinajstić information content (AvgIpc) is 2.83. The minimum absolute atomic E-state index is 0.149. The molecule has 0 amide bonds.